The highest BCUT2D eigenvalue weighted by atomic mass is 127. The molecule has 3 N–H and O–H groups in total. The van der Waals surface area contributed by atoms with Gasteiger partial charge in [-0.2, -0.15) is 0 Å². The van der Waals surface area contributed by atoms with Gasteiger partial charge in [-0.15, -0.1) is 35.3 Å². The summed E-state index contributed by atoms with van der Waals surface area (Å²) in [6.07, 6.45) is 2.95. The van der Waals surface area contributed by atoms with E-state index in [-0.39, 0.29) is 24.0 Å². The van der Waals surface area contributed by atoms with Gasteiger partial charge in [0.1, 0.15) is 12.4 Å². The number of imidazole rings is 1. The summed E-state index contributed by atoms with van der Waals surface area (Å²) in [6.45, 7) is 6.57. The molecule has 0 aliphatic rings. The van der Waals surface area contributed by atoms with Gasteiger partial charge >= 0.3 is 0 Å². The Morgan fingerprint density at radius 3 is 2.71 bits per heavy atom. The van der Waals surface area contributed by atoms with Crippen LogP contribution in [0.3, 0.4) is 0 Å². The largest absolute Gasteiger partial charge is 0.357 e. The zero-order valence-electron chi connectivity index (χ0n) is 16.3. The van der Waals surface area contributed by atoms with E-state index in [1.807, 2.05) is 35.7 Å². The third kappa shape index (κ3) is 6.94. The van der Waals surface area contributed by atoms with Crippen molar-refractivity contribution in [2.24, 2.45) is 10.9 Å². The second-order valence-electron chi connectivity index (χ2n) is 6.57. The molecule has 2 aromatic heterocycles. The first-order valence-electron chi connectivity index (χ1n) is 9.38. The van der Waals surface area contributed by atoms with Crippen LogP contribution in [0.2, 0.25) is 0 Å². The maximum Gasteiger partial charge on any atom is 0.191 e. The molecule has 2 heterocycles. The SMILES string of the molecule is CCNC(=NCc1ncc(-c2ccccc2)[nH]1)NCC(C)Cc1cccs1.I. The summed E-state index contributed by atoms with van der Waals surface area (Å²) in [4.78, 5) is 13.9. The summed E-state index contributed by atoms with van der Waals surface area (Å²) >= 11 is 1.82. The van der Waals surface area contributed by atoms with E-state index in [9.17, 15) is 0 Å². The van der Waals surface area contributed by atoms with E-state index in [0.29, 0.717) is 12.5 Å². The Kier molecular flexibility index (Phi) is 9.49. The van der Waals surface area contributed by atoms with Crippen LogP contribution in [0.25, 0.3) is 11.3 Å². The zero-order valence-corrected chi connectivity index (χ0v) is 19.5. The molecule has 0 saturated carbocycles. The van der Waals surface area contributed by atoms with Crippen LogP contribution < -0.4 is 10.6 Å². The van der Waals surface area contributed by atoms with Crippen molar-refractivity contribution in [2.75, 3.05) is 13.1 Å². The highest BCUT2D eigenvalue weighted by molar-refractivity contribution is 14.0. The number of benzene rings is 1. The fraction of sp³-hybridized carbons (Fsp3) is 0.333. The number of halogens is 1. The molecule has 0 fully saturated rings. The van der Waals surface area contributed by atoms with Gasteiger partial charge in [0.2, 0.25) is 0 Å². The van der Waals surface area contributed by atoms with E-state index in [1.54, 1.807) is 0 Å². The molecule has 7 heteroatoms. The van der Waals surface area contributed by atoms with Gasteiger partial charge in [-0.05, 0) is 36.3 Å². The maximum atomic E-state index is 4.66. The van der Waals surface area contributed by atoms with Crippen molar-refractivity contribution in [3.05, 3.63) is 64.7 Å². The van der Waals surface area contributed by atoms with E-state index in [0.717, 1.165) is 42.6 Å². The molecule has 1 atom stereocenters. The molecule has 0 saturated heterocycles. The first-order chi connectivity index (χ1) is 13.2. The molecule has 0 aliphatic heterocycles. The number of nitrogens with zero attached hydrogens (tertiary/aromatic N) is 2. The number of aromatic amines is 1. The van der Waals surface area contributed by atoms with Gasteiger partial charge in [0.15, 0.2) is 5.96 Å². The predicted octanol–water partition coefficient (Wildman–Crippen LogP) is 4.69. The molecule has 0 amide bonds. The van der Waals surface area contributed by atoms with Crippen LogP contribution in [0.15, 0.2) is 59.0 Å². The van der Waals surface area contributed by atoms with Crippen molar-refractivity contribution in [2.45, 2.75) is 26.8 Å². The van der Waals surface area contributed by atoms with E-state index in [2.05, 4.69) is 69.1 Å². The second kappa shape index (κ2) is 11.9. The molecule has 28 heavy (non-hydrogen) atoms. The van der Waals surface area contributed by atoms with E-state index < -0.39 is 0 Å². The number of thiophene rings is 1. The van der Waals surface area contributed by atoms with Gasteiger partial charge in [-0.3, -0.25) is 0 Å². The van der Waals surface area contributed by atoms with Gasteiger partial charge in [-0.25, -0.2) is 9.98 Å². The van der Waals surface area contributed by atoms with Crippen molar-refractivity contribution >= 4 is 41.3 Å². The Labute approximate surface area is 188 Å². The van der Waals surface area contributed by atoms with Gasteiger partial charge in [-0.1, -0.05) is 43.3 Å². The quantitative estimate of drug-likeness (QED) is 0.235. The monoisotopic (exact) mass is 509 g/mol. The lowest BCUT2D eigenvalue weighted by molar-refractivity contribution is 0.562. The fourth-order valence-electron chi connectivity index (χ4n) is 2.82. The van der Waals surface area contributed by atoms with Crippen LogP contribution in [0.4, 0.5) is 0 Å². The lowest BCUT2D eigenvalue weighted by Crippen LogP contribution is -2.39. The Bertz CT molecular complexity index is 830. The second-order valence-corrected chi connectivity index (χ2v) is 7.61. The molecule has 1 unspecified atom stereocenters. The number of rotatable bonds is 8. The molecule has 1 aromatic carbocycles. The number of hydrogen-bond acceptors (Lipinski definition) is 3. The Morgan fingerprint density at radius 2 is 2.00 bits per heavy atom. The minimum atomic E-state index is 0. The summed E-state index contributed by atoms with van der Waals surface area (Å²) in [5.74, 6) is 2.23. The van der Waals surface area contributed by atoms with Crippen molar-refractivity contribution in [1.82, 2.24) is 20.6 Å². The molecule has 3 rings (SSSR count). The highest BCUT2D eigenvalue weighted by Crippen LogP contribution is 2.16. The Morgan fingerprint density at radius 1 is 1.18 bits per heavy atom. The predicted molar refractivity (Wildman–Crippen MR) is 129 cm³/mol. The minimum absolute atomic E-state index is 0. The zero-order chi connectivity index (χ0) is 18.9. The van der Waals surface area contributed by atoms with Gasteiger partial charge < -0.3 is 15.6 Å². The molecular weight excluding hydrogens is 481 g/mol. The summed E-state index contributed by atoms with van der Waals surface area (Å²) in [6, 6.07) is 14.5. The maximum absolute atomic E-state index is 4.66. The van der Waals surface area contributed by atoms with Crippen LogP contribution in [0.1, 0.15) is 24.5 Å². The third-order valence-electron chi connectivity index (χ3n) is 4.19. The van der Waals surface area contributed by atoms with Crippen LogP contribution in [-0.2, 0) is 13.0 Å². The van der Waals surface area contributed by atoms with Crippen molar-refractivity contribution in [3.8, 4) is 11.3 Å². The first kappa shape index (κ1) is 22.4. The molecule has 0 bridgehead atoms. The number of aliphatic imine (C=N–C) groups is 1. The Balaban J connectivity index is 0.00000280. The summed E-state index contributed by atoms with van der Waals surface area (Å²) in [5.41, 5.74) is 2.15. The number of nitrogens with one attached hydrogen (secondary N) is 3. The van der Waals surface area contributed by atoms with Crippen LogP contribution >= 0.6 is 35.3 Å². The standard InChI is InChI=1S/C21H27N5S.HI/c1-3-22-21(24-13-16(2)12-18-10-7-11-27-18)25-15-20-23-14-19(26-20)17-8-5-4-6-9-17;/h4-11,14,16H,3,12-13,15H2,1-2H3,(H,23,26)(H2,22,24,25);1H. The van der Waals surface area contributed by atoms with Crippen molar-refractivity contribution in [3.63, 3.8) is 0 Å². The molecule has 0 radical (unpaired) electrons. The van der Waals surface area contributed by atoms with Gasteiger partial charge in [0.05, 0.1) is 11.9 Å². The van der Waals surface area contributed by atoms with Crippen molar-refractivity contribution in [1.29, 1.82) is 0 Å². The smallest absolute Gasteiger partial charge is 0.191 e. The lowest BCUT2D eigenvalue weighted by atomic mass is 10.1. The van der Waals surface area contributed by atoms with Gasteiger partial charge in [0.25, 0.3) is 0 Å². The molecule has 150 valence electrons. The molecule has 5 nitrogen and oxygen atoms in total. The molecular formula is C21H28IN5S. The average molecular weight is 509 g/mol. The van der Waals surface area contributed by atoms with E-state index in [1.165, 1.54) is 4.88 Å². The third-order valence-corrected chi connectivity index (χ3v) is 5.09. The minimum Gasteiger partial charge on any atom is -0.357 e. The molecule has 0 spiro atoms. The summed E-state index contributed by atoms with van der Waals surface area (Å²) in [7, 11) is 0. The number of H-pyrrole nitrogens is 1. The average Bonchev–Trinajstić information content (AvgIpc) is 3.37. The number of aromatic nitrogens is 2. The van der Waals surface area contributed by atoms with Crippen LogP contribution in [0.5, 0.6) is 0 Å². The summed E-state index contributed by atoms with van der Waals surface area (Å²) < 4.78 is 0. The topological polar surface area (TPSA) is 65.1 Å². The number of hydrogen-bond donors (Lipinski definition) is 3. The number of guanidine groups is 1. The normalized spacial score (nSPS) is 12.3. The van der Waals surface area contributed by atoms with E-state index >= 15 is 0 Å². The van der Waals surface area contributed by atoms with Crippen molar-refractivity contribution < 1.29 is 0 Å². The molecule has 0 aliphatic carbocycles. The first-order valence-corrected chi connectivity index (χ1v) is 10.3. The fourth-order valence-corrected chi connectivity index (χ4v) is 3.69. The van der Waals surface area contributed by atoms with Gasteiger partial charge in [0, 0.05) is 18.0 Å². The summed E-state index contributed by atoms with van der Waals surface area (Å²) in [5, 5.41) is 8.88. The van der Waals surface area contributed by atoms with E-state index in [4.69, 9.17) is 0 Å². The molecule has 3 aromatic rings. The van der Waals surface area contributed by atoms with Crippen LogP contribution in [-0.4, -0.2) is 29.0 Å². The lowest BCUT2D eigenvalue weighted by Gasteiger charge is -2.15. The van der Waals surface area contributed by atoms with Crippen LogP contribution in [0, 0.1) is 5.92 Å². The Hall–Kier alpha value is -1.87. The highest BCUT2D eigenvalue weighted by Gasteiger charge is 2.07.